The molecule has 9 heteroatoms. The fraction of sp³-hybridized carbons (Fsp3) is 0.846. The van der Waals surface area contributed by atoms with Gasteiger partial charge in [-0.15, -0.1) is 0 Å². The first kappa shape index (κ1) is 17.0. The SMILES string of the molecule is ClC(Cl)(Cl)C1=N[S@@](N2CCCCC2)=NC(N2CCCCC2)=N1. The zero-order valence-electron chi connectivity index (χ0n) is 12.3. The first-order valence-electron chi connectivity index (χ1n) is 7.75. The molecule has 0 radical (unpaired) electrons. The van der Waals surface area contributed by atoms with Crippen LogP contribution >= 0.6 is 34.8 Å². The molecule has 3 aliphatic rings. The van der Waals surface area contributed by atoms with Gasteiger partial charge in [0.25, 0.3) is 3.79 Å². The lowest BCUT2D eigenvalue weighted by atomic mass is 10.1. The summed E-state index contributed by atoms with van der Waals surface area (Å²) < 4.78 is 9.95. The van der Waals surface area contributed by atoms with E-state index in [0.29, 0.717) is 5.96 Å². The molecule has 22 heavy (non-hydrogen) atoms. The van der Waals surface area contributed by atoms with E-state index in [-0.39, 0.29) is 5.84 Å². The molecule has 0 N–H and O–H groups in total. The van der Waals surface area contributed by atoms with Crippen molar-refractivity contribution in [3.8, 4) is 0 Å². The summed E-state index contributed by atoms with van der Waals surface area (Å²) in [5, 5.41) is 0. The van der Waals surface area contributed by atoms with Gasteiger partial charge in [0.15, 0.2) is 5.84 Å². The zero-order chi connectivity index (χ0) is 15.6. The number of aliphatic imine (C=N–C) groups is 1. The predicted octanol–water partition coefficient (Wildman–Crippen LogP) is 3.73. The molecule has 0 aromatic carbocycles. The fourth-order valence-electron chi connectivity index (χ4n) is 2.79. The first-order chi connectivity index (χ1) is 10.5. The number of piperidine rings is 2. The van der Waals surface area contributed by atoms with Crippen molar-refractivity contribution < 1.29 is 0 Å². The van der Waals surface area contributed by atoms with Crippen molar-refractivity contribution in [2.24, 2.45) is 13.8 Å². The zero-order valence-corrected chi connectivity index (χ0v) is 15.4. The van der Waals surface area contributed by atoms with Crippen LogP contribution in [0.2, 0.25) is 0 Å². The van der Waals surface area contributed by atoms with E-state index in [2.05, 4.69) is 18.6 Å². The summed E-state index contributed by atoms with van der Waals surface area (Å²) in [5.74, 6) is 0.951. The van der Waals surface area contributed by atoms with Crippen molar-refractivity contribution in [1.82, 2.24) is 9.21 Å². The number of halogens is 3. The summed E-state index contributed by atoms with van der Waals surface area (Å²) in [6.45, 7) is 3.92. The minimum atomic E-state index is -1.60. The lowest BCUT2D eigenvalue weighted by Crippen LogP contribution is -2.40. The number of rotatable bonds is 1. The molecular formula is C13H20Cl3N5S. The van der Waals surface area contributed by atoms with E-state index in [0.717, 1.165) is 39.0 Å². The van der Waals surface area contributed by atoms with E-state index in [1.807, 2.05) is 0 Å². The Morgan fingerprint density at radius 1 is 0.864 bits per heavy atom. The van der Waals surface area contributed by atoms with Gasteiger partial charge in [-0.25, -0.2) is 4.31 Å². The predicted molar refractivity (Wildman–Crippen MR) is 95.8 cm³/mol. The maximum Gasteiger partial charge on any atom is 0.250 e. The Labute approximate surface area is 149 Å². The highest BCUT2D eigenvalue weighted by atomic mass is 35.6. The van der Waals surface area contributed by atoms with Gasteiger partial charge in [-0.1, -0.05) is 41.2 Å². The first-order valence-corrected chi connectivity index (χ1v) is 9.98. The molecule has 124 valence electrons. The average Bonchev–Trinajstić information content (AvgIpc) is 2.55. The largest absolute Gasteiger partial charge is 0.340 e. The van der Waals surface area contributed by atoms with Gasteiger partial charge in [-0.3, -0.25) is 0 Å². The molecule has 2 fully saturated rings. The Balaban J connectivity index is 1.88. The van der Waals surface area contributed by atoms with E-state index >= 15 is 0 Å². The molecule has 3 aliphatic heterocycles. The second-order valence-corrected chi connectivity index (χ2v) is 9.35. The molecule has 0 aliphatic carbocycles. The molecular weight excluding hydrogens is 365 g/mol. The molecule has 0 bridgehead atoms. The third-order valence-electron chi connectivity index (χ3n) is 3.98. The van der Waals surface area contributed by atoms with Crippen molar-refractivity contribution in [2.75, 3.05) is 26.2 Å². The monoisotopic (exact) mass is 383 g/mol. The van der Waals surface area contributed by atoms with Crippen LogP contribution in [0.1, 0.15) is 38.5 Å². The second kappa shape index (κ2) is 7.34. The van der Waals surface area contributed by atoms with Gasteiger partial charge in [0, 0.05) is 26.2 Å². The number of hydrogen-bond donors (Lipinski definition) is 0. The summed E-state index contributed by atoms with van der Waals surface area (Å²) in [6, 6.07) is 0. The quantitative estimate of drug-likeness (QED) is 0.647. The third kappa shape index (κ3) is 4.15. The summed E-state index contributed by atoms with van der Waals surface area (Å²) >= 11 is 17.5. The van der Waals surface area contributed by atoms with Gasteiger partial charge in [-0.2, -0.15) is 13.8 Å². The smallest absolute Gasteiger partial charge is 0.250 e. The summed E-state index contributed by atoms with van der Waals surface area (Å²) in [7, 11) is 0. The molecule has 0 saturated carbocycles. The molecule has 0 aromatic heterocycles. The van der Waals surface area contributed by atoms with Gasteiger partial charge >= 0.3 is 0 Å². The Bertz CT molecular complexity index is 484. The Hall–Kier alpha value is 0.120. The van der Waals surface area contributed by atoms with E-state index in [9.17, 15) is 0 Å². The maximum atomic E-state index is 6.04. The molecule has 3 heterocycles. The van der Waals surface area contributed by atoms with Crippen LogP contribution in [0.3, 0.4) is 0 Å². The highest BCUT2D eigenvalue weighted by Gasteiger charge is 2.33. The molecule has 0 unspecified atom stereocenters. The minimum absolute atomic E-state index is 0.266. The lowest BCUT2D eigenvalue weighted by molar-refractivity contribution is 0.339. The standard InChI is InChI=1S/C13H20Cl3N5S/c14-13(15,16)11-17-12(20-7-3-1-4-8-20)19-22(18-11)21-9-5-2-6-10-21/h1-10H2/t22-/m1/s1. The van der Waals surface area contributed by atoms with Crippen LogP contribution in [0.5, 0.6) is 0 Å². The maximum absolute atomic E-state index is 6.04. The lowest BCUT2D eigenvalue weighted by Gasteiger charge is -2.32. The molecule has 2 saturated heterocycles. The fourth-order valence-corrected chi connectivity index (χ4v) is 4.68. The van der Waals surface area contributed by atoms with Crippen molar-refractivity contribution >= 4 is 57.7 Å². The highest BCUT2D eigenvalue weighted by Crippen LogP contribution is 2.31. The van der Waals surface area contributed by atoms with Gasteiger partial charge in [0.2, 0.25) is 5.96 Å². The highest BCUT2D eigenvalue weighted by molar-refractivity contribution is 7.84. The Morgan fingerprint density at radius 2 is 1.45 bits per heavy atom. The van der Waals surface area contributed by atoms with Crippen LogP contribution in [0.25, 0.3) is 0 Å². The number of guanidine groups is 1. The summed E-state index contributed by atoms with van der Waals surface area (Å²) in [4.78, 5) is 6.63. The number of hydrogen-bond acceptors (Lipinski definition) is 5. The van der Waals surface area contributed by atoms with Crippen LogP contribution in [0, 0.1) is 0 Å². The van der Waals surface area contributed by atoms with Crippen molar-refractivity contribution in [1.29, 1.82) is 0 Å². The number of amidine groups is 1. The van der Waals surface area contributed by atoms with Crippen molar-refractivity contribution in [3.63, 3.8) is 0 Å². The number of likely N-dealkylation sites (tertiary alicyclic amines) is 1. The second-order valence-electron chi connectivity index (χ2n) is 5.70. The van der Waals surface area contributed by atoms with E-state index < -0.39 is 14.9 Å². The third-order valence-corrected chi connectivity index (χ3v) is 5.97. The molecule has 3 rings (SSSR count). The summed E-state index contributed by atoms with van der Waals surface area (Å²) in [5.41, 5.74) is 0. The van der Waals surface area contributed by atoms with Crippen LogP contribution in [-0.2, 0) is 11.1 Å². The van der Waals surface area contributed by atoms with Crippen LogP contribution < -0.4 is 0 Å². The minimum Gasteiger partial charge on any atom is -0.340 e. The molecule has 1 atom stereocenters. The molecule has 0 amide bonds. The van der Waals surface area contributed by atoms with E-state index in [4.69, 9.17) is 39.2 Å². The van der Waals surface area contributed by atoms with Crippen LogP contribution in [0.15, 0.2) is 13.8 Å². The molecule has 5 nitrogen and oxygen atoms in total. The number of nitrogens with zero attached hydrogens (tertiary/aromatic N) is 5. The van der Waals surface area contributed by atoms with Gasteiger partial charge < -0.3 is 4.90 Å². The normalized spacial score (nSPS) is 28.0. The Kier molecular flexibility index (Phi) is 5.66. The summed E-state index contributed by atoms with van der Waals surface area (Å²) in [6.07, 6.45) is 7.19. The van der Waals surface area contributed by atoms with Gasteiger partial charge in [-0.05, 0) is 32.1 Å². The average molecular weight is 385 g/mol. The van der Waals surface area contributed by atoms with E-state index in [1.54, 1.807) is 0 Å². The topological polar surface area (TPSA) is 43.6 Å². The van der Waals surface area contributed by atoms with Crippen LogP contribution in [-0.4, -0.2) is 51.0 Å². The van der Waals surface area contributed by atoms with Gasteiger partial charge in [0.1, 0.15) is 11.1 Å². The van der Waals surface area contributed by atoms with E-state index in [1.165, 1.54) is 25.7 Å². The van der Waals surface area contributed by atoms with Crippen molar-refractivity contribution in [3.05, 3.63) is 0 Å². The molecule has 0 aromatic rings. The van der Waals surface area contributed by atoms with Crippen LogP contribution in [0.4, 0.5) is 0 Å². The van der Waals surface area contributed by atoms with Crippen molar-refractivity contribution in [2.45, 2.75) is 42.3 Å². The molecule has 0 spiro atoms. The Morgan fingerprint density at radius 3 is 2.05 bits per heavy atom. The van der Waals surface area contributed by atoms with Gasteiger partial charge in [0.05, 0.1) is 0 Å². The number of alkyl halides is 3.